The van der Waals surface area contributed by atoms with Crippen molar-refractivity contribution in [3.63, 3.8) is 0 Å². The lowest BCUT2D eigenvalue weighted by molar-refractivity contribution is 0.330. The van der Waals surface area contributed by atoms with Gasteiger partial charge in [-0.3, -0.25) is 0 Å². The highest BCUT2D eigenvalue weighted by atomic mass is 28.3. The zero-order valence-corrected chi connectivity index (χ0v) is 31.4. The number of nitrogens with zero attached hydrogens (tertiary/aromatic N) is 1. The highest BCUT2D eigenvalue weighted by Gasteiger charge is 2.46. The van der Waals surface area contributed by atoms with Crippen LogP contribution in [0.3, 0.4) is 0 Å². The quantitative estimate of drug-likeness (QED) is 0.165. The predicted octanol–water partition coefficient (Wildman–Crippen LogP) is 8.67. The summed E-state index contributed by atoms with van der Waals surface area (Å²) in [7, 11) is -1.92. The van der Waals surface area contributed by atoms with E-state index in [9.17, 15) is 0 Å². The molecule has 5 heteroatoms. The number of anilines is 3. The van der Waals surface area contributed by atoms with Gasteiger partial charge in [0, 0.05) is 29.0 Å². The van der Waals surface area contributed by atoms with Gasteiger partial charge in [0.05, 0.1) is 5.69 Å². The largest absolute Gasteiger partial charge is 0.458 e. The lowest BCUT2D eigenvalue weighted by Gasteiger charge is -2.44. The average Bonchev–Trinajstić information content (AvgIpc) is 3.06. The molecule has 1 aliphatic carbocycles. The van der Waals surface area contributed by atoms with Crippen molar-refractivity contribution < 1.29 is 9.47 Å². The van der Waals surface area contributed by atoms with Gasteiger partial charge in [-0.1, -0.05) is 116 Å². The molecule has 0 spiro atoms. The van der Waals surface area contributed by atoms with E-state index < -0.39 is 8.07 Å². The molecule has 5 aromatic carbocycles. The second-order valence-corrected chi connectivity index (χ2v) is 22.0. The van der Waals surface area contributed by atoms with Crippen LogP contribution >= 0.6 is 0 Å². The van der Waals surface area contributed by atoms with E-state index in [1.165, 1.54) is 62.2 Å². The van der Waals surface area contributed by atoms with E-state index in [2.05, 4.69) is 157 Å². The third kappa shape index (κ3) is 4.40. The molecule has 9 rings (SSSR count). The SMILES string of the molecule is CC(C)(C)c1ccc2c(c1)B1c3cc4c(cc3Oc3cc(N5c6ccccc6[Si](C)(C)c6ccccc65)cc(c31)O2)C(C)(C)CCC4(C)C. The predicted molar refractivity (Wildman–Crippen MR) is 210 cm³/mol. The third-order valence-electron chi connectivity index (χ3n) is 12.2. The molecule has 0 atom stereocenters. The number of fused-ring (bicyclic) bond motifs is 7. The average molecular weight is 660 g/mol. The molecule has 3 nitrogen and oxygen atoms in total. The molecule has 0 N–H and O–H groups in total. The molecular weight excluding hydrogens is 613 g/mol. The second kappa shape index (κ2) is 9.94. The molecule has 3 heterocycles. The van der Waals surface area contributed by atoms with Crippen molar-refractivity contribution in [2.75, 3.05) is 4.90 Å². The van der Waals surface area contributed by atoms with Gasteiger partial charge in [-0.05, 0) is 91.3 Å². The Labute approximate surface area is 293 Å². The van der Waals surface area contributed by atoms with E-state index in [1.54, 1.807) is 0 Å². The number of hydrogen-bond donors (Lipinski definition) is 0. The lowest BCUT2D eigenvalue weighted by atomic mass is 9.34. The van der Waals surface area contributed by atoms with Crippen LogP contribution in [0.1, 0.15) is 78.0 Å². The molecule has 4 aliphatic rings. The van der Waals surface area contributed by atoms with E-state index in [4.69, 9.17) is 9.47 Å². The maximum Gasteiger partial charge on any atom is 0.260 e. The van der Waals surface area contributed by atoms with Gasteiger partial charge >= 0.3 is 0 Å². The van der Waals surface area contributed by atoms with Crippen LogP contribution in [0.2, 0.25) is 13.1 Å². The van der Waals surface area contributed by atoms with Gasteiger partial charge in [0.25, 0.3) is 6.71 Å². The first-order valence-corrected chi connectivity index (χ1v) is 21.0. The van der Waals surface area contributed by atoms with E-state index in [1.807, 2.05) is 0 Å². The van der Waals surface area contributed by atoms with Crippen LogP contribution in [0, 0.1) is 0 Å². The van der Waals surface area contributed by atoms with Gasteiger partial charge < -0.3 is 14.4 Å². The summed E-state index contributed by atoms with van der Waals surface area (Å²) < 4.78 is 14.1. The Bertz CT molecular complexity index is 2180. The molecule has 0 bridgehead atoms. The Balaban J connectivity index is 1.30. The summed E-state index contributed by atoms with van der Waals surface area (Å²) >= 11 is 0. The highest BCUT2D eigenvalue weighted by molar-refractivity contribution is 7.02. The van der Waals surface area contributed by atoms with Crippen LogP contribution < -0.4 is 41.1 Å². The summed E-state index contributed by atoms with van der Waals surface area (Å²) in [5, 5.41) is 2.89. The monoisotopic (exact) mass is 659 g/mol. The van der Waals surface area contributed by atoms with Gasteiger partial charge in [-0.2, -0.15) is 0 Å². The van der Waals surface area contributed by atoms with Gasteiger partial charge in [0.1, 0.15) is 31.1 Å². The van der Waals surface area contributed by atoms with E-state index in [-0.39, 0.29) is 23.0 Å². The van der Waals surface area contributed by atoms with Crippen LogP contribution in [0.4, 0.5) is 17.1 Å². The summed E-state index contributed by atoms with van der Waals surface area (Å²) in [5.74, 6) is 3.69. The fourth-order valence-corrected chi connectivity index (χ4v) is 12.1. The molecule has 0 fully saturated rings. The fraction of sp³-hybridized carbons (Fsp3) is 0.318. The topological polar surface area (TPSA) is 21.7 Å². The summed E-state index contributed by atoms with van der Waals surface area (Å²) in [5.41, 5.74) is 11.6. The normalized spacial score (nSPS) is 18.5. The molecule has 0 unspecified atom stereocenters. The van der Waals surface area contributed by atoms with Crippen molar-refractivity contribution in [1.29, 1.82) is 0 Å². The van der Waals surface area contributed by atoms with E-state index >= 15 is 0 Å². The molecule has 0 aromatic heterocycles. The first-order valence-electron chi connectivity index (χ1n) is 18.0. The minimum Gasteiger partial charge on any atom is -0.458 e. The third-order valence-corrected chi connectivity index (χ3v) is 15.7. The van der Waals surface area contributed by atoms with Crippen LogP contribution in [0.25, 0.3) is 0 Å². The molecule has 5 aromatic rings. The summed E-state index contributed by atoms with van der Waals surface area (Å²) in [6, 6.07) is 34.2. The standard InChI is InChI=1S/C44H46BNO2Si/c1-42(2,3)27-18-19-35-31(22-27)45-32-25-29-30(44(6,7)21-20-43(29,4)5)26-36(32)48-38-24-28(23-37(47-35)41(38)45)46-33-14-10-12-16-39(33)49(8,9)40-17-13-11-15-34(40)46/h10-19,22-26H,20-21H2,1-9H3. The fourth-order valence-electron chi connectivity index (χ4n) is 9.09. The number of hydrogen-bond acceptors (Lipinski definition) is 3. The lowest BCUT2D eigenvalue weighted by Crippen LogP contribution is -2.59. The van der Waals surface area contributed by atoms with Crippen molar-refractivity contribution in [3.8, 4) is 23.0 Å². The Kier molecular flexibility index (Phi) is 6.25. The molecular formula is C44H46BNO2Si. The van der Waals surface area contributed by atoms with Gasteiger partial charge in [0.15, 0.2) is 0 Å². The van der Waals surface area contributed by atoms with Crippen LogP contribution in [0.15, 0.2) is 91.0 Å². The zero-order chi connectivity index (χ0) is 34.2. The Hall–Kier alpha value is -4.22. The zero-order valence-electron chi connectivity index (χ0n) is 30.4. The molecule has 0 amide bonds. The van der Waals surface area contributed by atoms with Crippen LogP contribution in [-0.4, -0.2) is 14.8 Å². The van der Waals surface area contributed by atoms with Gasteiger partial charge in [-0.25, -0.2) is 0 Å². The van der Waals surface area contributed by atoms with Crippen LogP contribution in [0.5, 0.6) is 23.0 Å². The van der Waals surface area contributed by atoms with E-state index in [0.29, 0.717) is 0 Å². The first kappa shape index (κ1) is 30.8. The molecule has 0 radical (unpaired) electrons. The van der Waals surface area contributed by atoms with Crippen molar-refractivity contribution in [1.82, 2.24) is 0 Å². The number of rotatable bonds is 1. The Morgan fingerprint density at radius 2 is 1.16 bits per heavy atom. The second-order valence-electron chi connectivity index (χ2n) is 17.7. The van der Waals surface area contributed by atoms with Crippen molar-refractivity contribution in [2.24, 2.45) is 0 Å². The van der Waals surface area contributed by atoms with Gasteiger partial charge in [-0.15, -0.1) is 0 Å². The maximum absolute atomic E-state index is 7.11. The first-order chi connectivity index (χ1) is 23.1. The molecule has 0 saturated heterocycles. The minimum atomic E-state index is -1.92. The summed E-state index contributed by atoms with van der Waals surface area (Å²) in [4.78, 5) is 2.44. The highest BCUT2D eigenvalue weighted by Crippen LogP contribution is 2.49. The van der Waals surface area contributed by atoms with E-state index in [0.717, 1.165) is 34.1 Å². The van der Waals surface area contributed by atoms with Crippen molar-refractivity contribution in [3.05, 3.63) is 108 Å². The van der Waals surface area contributed by atoms with Crippen LogP contribution in [-0.2, 0) is 16.2 Å². The van der Waals surface area contributed by atoms with Crippen molar-refractivity contribution >= 4 is 58.6 Å². The number of ether oxygens (including phenoxy) is 2. The minimum absolute atomic E-state index is 0.0179. The smallest absolute Gasteiger partial charge is 0.260 e. The maximum atomic E-state index is 7.11. The Morgan fingerprint density at radius 3 is 1.76 bits per heavy atom. The summed E-state index contributed by atoms with van der Waals surface area (Å²) in [6.45, 7) is 21.5. The molecule has 0 saturated carbocycles. The molecule has 3 aliphatic heterocycles. The summed E-state index contributed by atoms with van der Waals surface area (Å²) in [6.07, 6.45) is 2.34. The van der Waals surface area contributed by atoms with Gasteiger partial charge in [0.2, 0.25) is 0 Å². The van der Waals surface area contributed by atoms with Crippen molar-refractivity contribution in [2.45, 2.75) is 90.6 Å². The molecule has 246 valence electrons. The Morgan fingerprint density at radius 1 is 0.633 bits per heavy atom. The number of benzene rings is 5. The number of para-hydroxylation sites is 2. The molecule has 49 heavy (non-hydrogen) atoms.